The fourth-order valence-corrected chi connectivity index (χ4v) is 4.76. The molecule has 176 valence electrons. The highest BCUT2D eigenvalue weighted by Crippen LogP contribution is 2.34. The average Bonchev–Trinajstić information content (AvgIpc) is 3.14. The molecule has 1 fully saturated rings. The van der Waals surface area contributed by atoms with Gasteiger partial charge in [0.1, 0.15) is 0 Å². The number of hydrogen-bond donors (Lipinski definition) is 2. The molecule has 1 amide bonds. The number of aromatic nitrogens is 3. The minimum absolute atomic E-state index is 0.0500. The first-order chi connectivity index (χ1) is 15.1. The molecular formula is C22H30F3N5OS. The van der Waals surface area contributed by atoms with Crippen LogP contribution >= 0.6 is 11.8 Å². The highest BCUT2D eigenvalue weighted by Gasteiger charge is 2.30. The molecular weight excluding hydrogens is 439 g/mol. The van der Waals surface area contributed by atoms with Crippen LogP contribution in [-0.2, 0) is 17.5 Å². The number of benzene rings is 1. The Bertz CT molecular complexity index is 909. The minimum atomic E-state index is -4.39. The van der Waals surface area contributed by atoms with Crippen molar-refractivity contribution in [1.29, 1.82) is 0 Å². The smallest absolute Gasteiger partial charge is 0.378 e. The van der Waals surface area contributed by atoms with E-state index in [1.54, 1.807) is 6.07 Å². The zero-order valence-electron chi connectivity index (χ0n) is 18.6. The Labute approximate surface area is 190 Å². The second-order valence-corrected chi connectivity index (χ2v) is 9.72. The third kappa shape index (κ3) is 6.40. The van der Waals surface area contributed by atoms with Gasteiger partial charge in [-0.3, -0.25) is 4.79 Å². The molecule has 1 aliphatic carbocycles. The maximum atomic E-state index is 13.0. The molecule has 2 aromatic rings. The normalized spacial score (nSPS) is 16.2. The summed E-state index contributed by atoms with van der Waals surface area (Å²) in [4.78, 5) is 12.4. The summed E-state index contributed by atoms with van der Waals surface area (Å²) in [5.74, 6) is 0.597. The molecule has 1 saturated carbocycles. The Morgan fingerprint density at radius 1 is 1.19 bits per heavy atom. The second-order valence-electron chi connectivity index (χ2n) is 8.42. The largest absolute Gasteiger partial charge is 0.416 e. The van der Waals surface area contributed by atoms with Gasteiger partial charge in [0.25, 0.3) is 0 Å². The summed E-state index contributed by atoms with van der Waals surface area (Å²) >= 11 is 1.36. The molecule has 1 aromatic heterocycles. The Hall–Kier alpha value is -2.23. The van der Waals surface area contributed by atoms with Crippen molar-refractivity contribution in [1.82, 2.24) is 20.1 Å². The van der Waals surface area contributed by atoms with Crippen molar-refractivity contribution in [3.05, 3.63) is 35.7 Å². The fourth-order valence-electron chi connectivity index (χ4n) is 3.81. The molecule has 0 saturated heterocycles. The molecule has 2 N–H and O–H groups in total. The molecule has 3 rings (SSSR count). The molecule has 32 heavy (non-hydrogen) atoms. The summed E-state index contributed by atoms with van der Waals surface area (Å²) in [5.41, 5.74) is -0.325. The number of rotatable bonds is 8. The summed E-state index contributed by atoms with van der Waals surface area (Å²) < 4.78 is 41.1. The standard InChI is InChI=1S/C22H30F3N5OS/c1-14(2)27-20(31)15(3)32-21-29-28-19(30(21)18-10-5-4-6-11-18)13-26-17-9-7-8-16(12-17)22(23,24)25/h7-9,12,14-15,18,26H,4-6,10-11,13H2,1-3H3,(H,27,31). The van der Waals surface area contributed by atoms with Crippen LogP contribution in [0.5, 0.6) is 0 Å². The summed E-state index contributed by atoms with van der Waals surface area (Å²) in [6.07, 6.45) is 1.000. The number of carbonyl (C=O) groups is 1. The van der Waals surface area contributed by atoms with E-state index < -0.39 is 11.7 Å². The van der Waals surface area contributed by atoms with Gasteiger partial charge in [0.05, 0.1) is 17.4 Å². The first kappa shape index (κ1) is 24.4. The Morgan fingerprint density at radius 2 is 1.91 bits per heavy atom. The van der Waals surface area contributed by atoms with Gasteiger partial charge in [0.15, 0.2) is 11.0 Å². The van der Waals surface area contributed by atoms with E-state index in [1.165, 1.54) is 24.2 Å². The Kier molecular flexibility index (Phi) is 8.08. The first-order valence-electron chi connectivity index (χ1n) is 11.0. The molecule has 0 radical (unpaired) electrons. The van der Waals surface area contributed by atoms with Crippen LogP contribution < -0.4 is 10.6 Å². The lowest BCUT2D eigenvalue weighted by Gasteiger charge is -2.26. The third-order valence-electron chi connectivity index (χ3n) is 5.40. The van der Waals surface area contributed by atoms with Crippen LogP contribution in [0, 0.1) is 0 Å². The number of amides is 1. The number of nitrogens with one attached hydrogen (secondary N) is 2. The number of thioether (sulfide) groups is 1. The Balaban J connectivity index is 1.79. The van der Waals surface area contributed by atoms with E-state index in [9.17, 15) is 18.0 Å². The first-order valence-corrected chi connectivity index (χ1v) is 11.8. The van der Waals surface area contributed by atoms with Gasteiger partial charge in [-0.1, -0.05) is 37.1 Å². The van der Waals surface area contributed by atoms with E-state index in [1.807, 2.05) is 20.8 Å². The van der Waals surface area contributed by atoms with Crippen molar-refractivity contribution in [3.63, 3.8) is 0 Å². The van der Waals surface area contributed by atoms with Crippen LogP contribution in [0.1, 0.15) is 70.3 Å². The molecule has 0 aliphatic heterocycles. The molecule has 1 aliphatic rings. The summed E-state index contributed by atoms with van der Waals surface area (Å²) in [6.45, 7) is 5.91. The number of carbonyl (C=O) groups excluding carboxylic acids is 1. The van der Waals surface area contributed by atoms with Crippen LogP contribution in [0.4, 0.5) is 18.9 Å². The monoisotopic (exact) mass is 469 g/mol. The fraction of sp³-hybridized carbons (Fsp3) is 0.591. The van der Waals surface area contributed by atoms with Crippen molar-refractivity contribution in [2.24, 2.45) is 0 Å². The number of halogens is 3. The number of alkyl halides is 3. The van der Waals surface area contributed by atoms with E-state index in [-0.39, 0.29) is 29.8 Å². The van der Waals surface area contributed by atoms with Crippen LogP contribution in [0.25, 0.3) is 0 Å². The lowest BCUT2D eigenvalue weighted by atomic mass is 9.95. The molecule has 1 atom stereocenters. The van der Waals surface area contributed by atoms with E-state index in [0.717, 1.165) is 37.8 Å². The van der Waals surface area contributed by atoms with Gasteiger partial charge in [-0.25, -0.2) is 0 Å². The number of nitrogens with zero attached hydrogens (tertiary/aromatic N) is 3. The van der Waals surface area contributed by atoms with Crippen LogP contribution in [0.15, 0.2) is 29.4 Å². The molecule has 0 bridgehead atoms. The van der Waals surface area contributed by atoms with E-state index >= 15 is 0 Å². The van der Waals surface area contributed by atoms with Crippen LogP contribution in [0.3, 0.4) is 0 Å². The second kappa shape index (κ2) is 10.6. The molecule has 1 heterocycles. The van der Waals surface area contributed by atoms with E-state index in [4.69, 9.17) is 0 Å². The van der Waals surface area contributed by atoms with Gasteiger partial charge >= 0.3 is 6.18 Å². The summed E-state index contributed by atoms with van der Waals surface area (Å²) in [5, 5.41) is 15.0. The maximum absolute atomic E-state index is 13.0. The highest BCUT2D eigenvalue weighted by atomic mass is 32.2. The third-order valence-corrected chi connectivity index (χ3v) is 6.45. The van der Waals surface area contributed by atoms with Gasteiger partial charge in [-0.2, -0.15) is 13.2 Å². The van der Waals surface area contributed by atoms with Gasteiger partial charge in [0, 0.05) is 17.8 Å². The highest BCUT2D eigenvalue weighted by molar-refractivity contribution is 8.00. The molecule has 1 aromatic carbocycles. The Morgan fingerprint density at radius 3 is 2.56 bits per heavy atom. The summed E-state index contributed by atoms with van der Waals surface area (Å²) in [6, 6.07) is 5.40. The zero-order chi connectivity index (χ0) is 23.3. The van der Waals surface area contributed by atoms with Crippen molar-refractivity contribution in [2.45, 2.75) is 88.1 Å². The molecule has 10 heteroatoms. The quantitative estimate of drug-likeness (QED) is 0.505. The van der Waals surface area contributed by atoms with Gasteiger partial charge in [-0.05, 0) is 51.8 Å². The van der Waals surface area contributed by atoms with E-state index in [0.29, 0.717) is 16.7 Å². The maximum Gasteiger partial charge on any atom is 0.416 e. The van der Waals surface area contributed by atoms with Crippen molar-refractivity contribution >= 4 is 23.4 Å². The summed E-state index contributed by atoms with van der Waals surface area (Å²) in [7, 11) is 0. The minimum Gasteiger partial charge on any atom is -0.378 e. The van der Waals surface area contributed by atoms with E-state index in [2.05, 4.69) is 25.4 Å². The number of anilines is 1. The van der Waals surface area contributed by atoms with Gasteiger partial charge in [-0.15, -0.1) is 10.2 Å². The predicted molar refractivity (Wildman–Crippen MR) is 120 cm³/mol. The lowest BCUT2D eigenvalue weighted by molar-refractivity contribution is -0.137. The van der Waals surface area contributed by atoms with Crippen molar-refractivity contribution in [3.8, 4) is 0 Å². The number of hydrogen-bond acceptors (Lipinski definition) is 5. The van der Waals surface area contributed by atoms with Crippen LogP contribution in [-0.4, -0.2) is 32.0 Å². The zero-order valence-corrected chi connectivity index (χ0v) is 19.4. The van der Waals surface area contributed by atoms with Crippen molar-refractivity contribution < 1.29 is 18.0 Å². The van der Waals surface area contributed by atoms with Crippen LogP contribution in [0.2, 0.25) is 0 Å². The predicted octanol–water partition coefficient (Wildman–Crippen LogP) is 5.42. The van der Waals surface area contributed by atoms with Gasteiger partial charge < -0.3 is 15.2 Å². The molecule has 1 unspecified atom stereocenters. The molecule has 0 spiro atoms. The topological polar surface area (TPSA) is 71.8 Å². The lowest BCUT2D eigenvalue weighted by Crippen LogP contribution is -2.36. The average molecular weight is 470 g/mol. The van der Waals surface area contributed by atoms with Crippen molar-refractivity contribution in [2.75, 3.05) is 5.32 Å². The SMILES string of the molecule is CC(C)NC(=O)C(C)Sc1nnc(CNc2cccc(C(F)(F)F)c2)n1C1CCCCC1. The molecule has 6 nitrogen and oxygen atoms in total. The van der Waals surface area contributed by atoms with Gasteiger partial charge in [0.2, 0.25) is 5.91 Å².